The molecule has 11 heavy (non-hydrogen) atoms. The van der Waals surface area contributed by atoms with E-state index in [2.05, 4.69) is 4.74 Å². The van der Waals surface area contributed by atoms with Crippen molar-refractivity contribution in [1.82, 2.24) is 0 Å². The third kappa shape index (κ3) is 8.25. The molecule has 0 spiro atoms. The Balaban J connectivity index is 0. The number of esters is 1. The van der Waals surface area contributed by atoms with Gasteiger partial charge in [0.1, 0.15) is 12.6 Å². The number of aliphatic hydroxyl groups is 2. The molecular weight excluding hydrogens is 161 g/mol. The Bertz CT molecular complexity index is 117. The third-order valence-electron chi connectivity index (χ3n) is 0.746. The molecule has 61 valence electrons. The van der Waals surface area contributed by atoms with Crippen LogP contribution in [0.2, 0.25) is 0 Å². The molecule has 0 aliphatic rings. The molecule has 4 N–H and O–H groups in total. The van der Waals surface area contributed by atoms with Crippen LogP contribution in [-0.4, -0.2) is 64.7 Å². The molecule has 1 radical (unpaired) electrons. The fourth-order valence-corrected chi connectivity index (χ4v) is 0.288. The molecule has 1 atom stereocenters. The summed E-state index contributed by atoms with van der Waals surface area (Å²) in [5.74, 6) is -0.645. The van der Waals surface area contributed by atoms with Crippen molar-refractivity contribution in [3.63, 3.8) is 0 Å². The molecule has 1 unspecified atom stereocenters. The molecule has 0 heterocycles. The largest absolute Gasteiger partial charge is 0.459 e. The first kappa shape index (κ1) is 13.9. The average molecular weight is 172 g/mol. The van der Waals surface area contributed by atoms with Gasteiger partial charge in [0.2, 0.25) is 0 Å². The maximum absolute atomic E-state index is 10.5. The van der Waals surface area contributed by atoms with Crippen LogP contribution in [0.15, 0.2) is 0 Å². The number of nitrogens with two attached hydrogens (primary N) is 1. The second-order valence-corrected chi connectivity index (χ2v) is 1.90. The van der Waals surface area contributed by atoms with E-state index < -0.39 is 24.9 Å². The minimum absolute atomic E-state index is 0. The van der Waals surface area contributed by atoms with Gasteiger partial charge in [-0.1, -0.05) is 0 Å². The van der Waals surface area contributed by atoms with Crippen LogP contribution in [0.5, 0.6) is 0 Å². The van der Waals surface area contributed by atoms with E-state index in [0.717, 1.165) is 0 Å². The van der Waals surface area contributed by atoms with Crippen LogP contribution in [0.25, 0.3) is 0 Å². The van der Waals surface area contributed by atoms with Crippen LogP contribution < -0.4 is 5.73 Å². The van der Waals surface area contributed by atoms with E-state index in [4.69, 9.17) is 15.9 Å². The van der Waals surface area contributed by atoms with Gasteiger partial charge in [-0.15, -0.1) is 0 Å². The SMILES string of the molecule is CC(N)C(=O)OCC(O)O.[Na]. The molecule has 0 amide bonds. The average Bonchev–Trinajstić information content (AvgIpc) is 1.82. The molecule has 5 nitrogen and oxygen atoms in total. The summed E-state index contributed by atoms with van der Waals surface area (Å²) in [5.41, 5.74) is 5.08. The molecule has 6 heteroatoms. The predicted octanol–water partition coefficient (Wildman–Crippen LogP) is -2.19. The van der Waals surface area contributed by atoms with Gasteiger partial charge in [0.25, 0.3) is 0 Å². The molecular formula is C5H11NNaO4. The van der Waals surface area contributed by atoms with E-state index in [1.165, 1.54) is 6.92 Å². The molecule has 0 aliphatic carbocycles. The second kappa shape index (κ2) is 7.02. The number of hydrogen-bond acceptors (Lipinski definition) is 5. The number of ether oxygens (including phenoxy) is 1. The van der Waals surface area contributed by atoms with Crippen LogP contribution in [0, 0.1) is 0 Å². The second-order valence-electron chi connectivity index (χ2n) is 1.90. The Morgan fingerprint density at radius 1 is 1.64 bits per heavy atom. The van der Waals surface area contributed by atoms with Gasteiger partial charge in [-0.25, -0.2) is 0 Å². The smallest absolute Gasteiger partial charge is 0.322 e. The number of carbonyl (C=O) groups excluding carboxylic acids is 1. The fraction of sp³-hybridized carbons (Fsp3) is 0.800. The van der Waals surface area contributed by atoms with Crippen LogP contribution >= 0.6 is 0 Å². The van der Waals surface area contributed by atoms with E-state index in [0.29, 0.717) is 0 Å². The Morgan fingerprint density at radius 2 is 2.09 bits per heavy atom. The van der Waals surface area contributed by atoms with Crippen molar-refractivity contribution in [3.8, 4) is 0 Å². The van der Waals surface area contributed by atoms with Gasteiger partial charge in [-0.2, -0.15) is 0 Å². The number of aliphatic hydroxyl groups excluding tert-OH is 1. The normalized spacial score (nSPS) is 12.1. The first-order valence-corrected chi connectivity index (χ1v) is 2.82. The summed E-state index contributed by atoms with van der Waals surface area (Å²) in [6.45, 7) is 1.02. The van der Waals surface area contributed by atoms with E-state index in [1.54, 1.807) is 0 Å². The van der Waals surface area contributed by atoms with Crippen LogP contribution in [0.4, 0.5) is 0 Å². The van der Waals surface area contributed by atoms with Crippen LogP contribution in [0.3, 0.4) is 0 Å². The zero-order valence-electron chi connectivity index (χ0n) is 6.65. The summed E-state index contributed by atoms with van der Waals surface area (Å²) in [4.78, 5) is 10.5. The molecule has 0 saturated heterocycles. The molecule has 0 aromatic carbocycles. The Morgan fingerprint density at radius 3 is 2.36 bits per heavy atom. The van der Waals surface area contributed by atoms with Crippen molar-refractivity contribution < 1.29 is 19.7 Å². The monoisotopic (exact) mass is 172 g/mol. The van der Waals surface area contributed by atoms with E-state index in [-0.39, 0.29) is 29.6 Å². The van der Waals surface area contributed by atoms with Crippen molar-refractivity contribution >= 4 is 35.5 Å². The molecule has 0 bridgehead atoms. The zero-order valence-corrected chi connectivity index (χ0v) is 8.65. The molecule has 0 fully saturated rings. The Kier molecular flexibility index (Phi) is 8.88. The number of carbonyl (C=O) groups is 1. The molecule has 0 saturated carbocycles. The minimum atomic E-state index is -1.62. The first-order valence-electron chi connectivity index (χ1n) is 2.82. The molecule has 0 aromatic heterocycles. The van der Waals surface area contributed by atoms with Gasteiger partial charge in [0.15, 0.2) is 6.29 Å². The van der Waals surface area contributed by atoms with Crippen molar-refractivity contribution in [2.45, 2.75) is 19.3 Å². The molecule has 0 aliphatic heterocycles. The summed E-state index contributed by atoms with van der Waals surface area (Å²) in [6.07, 6.45) is -1.62. The van der Waals surface area contributed by atoms with E-state index >= 15 is 0 Å². The third-order valence-corrected chi connectivity index (χ3v) is 0.746. The quantitative estimate of drug-likeness (QED) is 0.255. The van der Waals surface area contributed by atoms with Gasteiger partial charge in [-0.3, -0.25) is 4.79 Å². The van der Waals surface area contributed by atoms with Crippen molar-refractivity contribution in [3.05, 3.63) is 0 Å². The van der Waals surface area contributed by atoms with Crippen LogP contribution in [0.1, 0.15) is 6.92 Å². The van der Waals surface area contributed by atoms with Gasteiger partial charge >= 0.3 is 5.97 Å². The molecule has 0 aromatic rings. The van der Waals surface area contributed by atoms with Gasteiger partial charge in [0, 0.05) is 29.6 Å². The fourth-order valence-electron chi connectivity index (χ4n) is 0.288. The van der Waals surface area contributed by atoms with Gasteiger partial charge in [-0.05, 0) is 6.92 Å². The number of hydrogen-bond donors (Lipinski definition) is 3. The summed E-state index contributed by atoms with van der Waals surface area (Å²) in [6, 6.07) is -0.723. The number of rotatable bonds is 3. The molecule has 0 rings (SSSR count). The Hall–Kier alpha value is 0.350. The minimum Gasteiger partial charge on any atom is -0.459 e. The van der Waals surface area contributed by atoms with Crippen LogP contribution in [-0.2, 0) is 9.53 Å². The van der Waals surface area contributed by atoms with E-state index in [9.17, 15) is 4.79 Å². The topological polar surface area (TPSA) is 92.8 Å². The zero-order chi connectivity index (χ0) is 8.15. The van der Waals surface area contributed by atoms with Crippen molar-refractivity contribution in [2.75, 3.05) is 6.61 Å². The maximum atomic E-state index is 10.5. The summed E-state index contributed by atoms with van der Waals surface area (Å²) in [7, 11) is 0. The maximum Gasteiger partial charge on any atom is 0.322 e. The standard InChI is InChI=1S/C5H11NO4.Na/c1-3(6)5(9)10-2-4(7)8;/h3-4,7-8H,2,6H2,1H3;. The van der Waals surface area contributed by atoms with E-state index in [1.807, 2.05) is 0 Å². The predicted molar refractivity (Wildman–Crippen MR) is 38.6 cm³/mol. The van der Waals surface area contributed by atoms with Crippen molar-refractivity contribution in [1.29, 1.82) is 0 Å². The van der Waals surface area contributed by atoms with Gasteiger partial charge < -0.3 is 20.7 Å². The summed E-state index contributed by atoms with van der Waals surface area (Å²) in [5, 5.41) is 16.4. The van der Waals surface area contributed by atoms with Gasteiger partial charge in [0.05, 0.1) is 0 Å². The summed E-state index contributed by atoms with van der Waals surface area (Å²) < 4.78 is 4.30. The summed E-state index contributed by atoms with van der Waals surface area (Å²) >= 11 is 0. The first-order chi connectivity index (χ1) is 4.54. The van der Waals surface area contributed by atoms with Crippen molar-refractivity contribution in [2.24, 2.45) is 5.73 Å². The Labute approximate surface area is 86.8 Å².